The number of hydrogen-bond donors (Lipinski definition) is 0. The average molecular weight is 196 g/mol. The molecule has 0 unspecified atom stereocenters. The minimum atomic E-state index is -0.566. The summed E-state index contributed by atoms with van der Waals surface area (Å²) in [5.41, 5.74) is 8.29. The second-order valence-electron chi connectivity index (χ2n) is 3.33. The first-order valence-electron chi connectivity index (χ1n) is 4.39. The van der Waals surface area contributed by atoms with Gasteiger partial charge in [-0.15, -0.1) is 0 Å². The molecular weight excluding hydrogens is 184 g/mol. The van der Waals surface area contributed by atoms with E-state index in [9.17, 15) is 9.59 Å². The molecule has 0 aromatic heterocycles. The molecule has 2 atom stereocenters. The van der Waals surface area contributed by atoms with E-state index in [1.54, 1.807) is 0 Å². The number of hydrogen-bond acceptors (Lipinski definition) is 3. The van der Waals surface area contributed by atoms with E-state index in [2.05, 4.69) is 10.0 Å². The number of carbonyl (C=O) groups excluding carboxylic acids is 2. The van der Waals surface area contributed by atoms with Crippen molar-refractivity contribution in [3.63, 3.8) is 0 Å². The van der Waals surface area contributed by atoms with Crippen molar-refractivity contribution in [1.29, 1.82) is 0 Å². The average Bonchev–Trinajstić information content (AvgIpc) is 2.48. The molecule has 0 N–H and O–H groups in total. The molecule has 0 radical (unpaired) electrons. The van der Waals surface area contributed by atoms with Crippen LogP contribution in [0.25, 0.3) is 10.4 Å². The number of amides is 1. The van der Waals surface area contributed by atoms with Crippen LogP contribution >= 0.6 is 0 Å². The molecule has 1 saturated heterocycles. The minimum absolute atomic E-state index is 0.130. The number of rotatable bonds is 2. The number of nitrogens with zero attached hydrogens (tertiary/aromatic N) is 4. The number of carbonyl (C=O) groups is 2. The summed E-state index contributed by atoms with van der Waals surface area (Å²) in [5.74, 6) is -0.282. The van der Waals surface area contributed by atoms with Crippen LogP contribution in [0.5, 0.6) is 0 Å². The number of Topliss-reactive ketones (excluding diaryl/α,β-unsaturated/α-hetero) is 1. The van der Waals surface area contributed by atoms with E-state index < -0.39 is 12.1 Å². The normalized spacial score (nSPS) is 25.7. The lowest BCUT2D eigenvalue weighted by Crippen LogP contribution is -2.42. The molecular formula is C8H12N4O2. The van der Waals surface area contributed by atoms with E-state index in [4.69, 9.17) is 5.53 Å². The highest BCUT2D eigenvalue weighted by Crippen LogP contribution is 2.21. The summed E-state index contributed by atoms with van der Waals surface area (Å²) in [5, 5.41) is 3.52. The Kier molecular flexibility index (Phi) is 3.09. The number of ketones is 1. The molecule has 0 aromatic carbocycles. The summed E-state index contributed by atoms with van der Waals surface area (Å²) in [6, 6.07) is -0.968. The molecule has 1 aliphatic heterocycles. The Morgan fingerprint density at radius 2 is 2.14 bits per heavy atom. The Morgan fingerprint density at radius 3 is 2.57 bits per heavy atom. The summed E-state index contributed by atoms with van der Waals surface area (Å²) in [7, 11) is 0. The van der Waals surface area contributed by atoms with Gasteiger partial charge in [0.2, 0.25) is 5.91 Å². The lowest BCUT2D eigenvalue weighted by molar-refractivity contribution is -0.135. The first-order chi connectivity index (χ1) is 6.57. The molecule has 76 valence electrons. The van der Waals surface area contributed by atoms with Crippen molar-refractivity contribution in [2.75, 3.05) is 6.54 Å². The predicted octanol–water partition coefficient (Wildman–Crippen LogP) is 0.875. The third-order valence-electron chi connectivity index (χ3n) is 2.39. The molecule has 0 aliphatic carbocycles. The van der Waals surface area contributed by atoms with E-state index in [1.165, 1.54) is 18.7 Å². The van der Waals surface area contributed by atoms with Gasteiger partial charge in [-0.05, 0) is 18.9 Å². The molecule has 14 heavy (non-hydrogen) atoms. The van der Waals surface area contributed by atoms with Gasteiger partial charge in [0, 0.05) is 18.4 Å². The van der Waals surface area contributed by atoms with Gasteiger partial charge in [0.15, 0.2) is 5.78 Å². The maximum Gasteiger partial charge on any atom is 0.220 e. The van der Waals surface area contributed by atoms with E-state index in [0.717, 1.165) is 0 Å². The second kappa shape index (κ2) is 4.11. The maximum absolute atomic E-state index is 11.3. The van der Waals surface area contributed by atoms with Gasteiger partial charge in [0.1, 0.15) is 0 Å². The van der Waals surface area contributed by atoms with Crippen molar-refractivity contribution in [2.45, 2.75) is 32.4 Å². The summed E-state index contributed by atoms with van der Waals surface area (Å²) >= 11 is 0. The van der Waals surface area contributed by atoms with Crippen LogP contribution in [0, 0.1) is 0 Å². The molecule has 0 bridgehead atoms. The quantitative estimate of drug-likeness (QED) is 0.373. The summed E-state index contributed by atoms with van der Waals surface area (Å²) in [6.07, 6.45) is 0.563. The largest absolute Gasteiger partial charge is 0.332 e. The van der Waals surface area contributed by atoms with Gasteiger partial charge < -0.3 is 4.90 Å². The Labute approximate surface area is 81.5 Å². The standard InChI is InChI=1S/C8H12N4O2/c1-5(13)8-7(10-11-9)3-4-12(8)6(2)14/h7-8H,3-4H2,1-2H3/t7-,8-/m1/s1. The Balaban J connectivity index is 2.90. The number of likely N-dealkylation sites (tertiary alicyclic amines) is 1. The topological polar surface area (TPSA) is 86.1 Å². The van der Waals surface area contributed by atoms with Crippen LogP contribution in [0.2, 0.25) is 0 Å². The summed E-state index contributed by atoms with van der Waals surface area (Å²) in [6.45, 7) is 3.31. The Morgan fingerprint density at radius 1 is 1.50 bits per heavy atom. The molecule has 0 saturated carbocycles. The molecule has 6 heteroatoms. The fraction of sp³-hybridized carbons (Fsp3) is 0.750. The Bertz CT molecular complexity index is 298. The molecule has 1 rings (SSSR count). The zero-order valence-corrected chi connectivity index (χ0v) is 8.17. The molecule has 1 amide bonds. The molecule has 1 heterocycles. The first-order valence-corrected chi connectivity index (χ1v) is 4.39. The van der Waals surface area contributed by atoms with E-state index in [0.29, 0.717) is 13.0 Å². The van der Waals surface area contributed by atoms with Crippen LogP contribution in [-0.2, 0) is 9.59 Å². The zero-order chi connectivity index (χ0) is 10.7. The lowest BCUT2D eigenvalue weighted by atomic mass is 10.1. The van der Waals surface area contributed by atoms with Crippen LogP contribution in [-0.4, -0.2) is 35.2 Å². The van der Waals surface area contributed by atoms with Crippen molar-refractivity contribution in [3.8, 4) is 0 Å². The fourth-order valence-corrected chi connectivity index (χ4v) is 1.81. The van der Waals surface area contributed by atoms with Crippen LogP contribution in [0.1, 0.15) is 20.3 Å². The predicted molar refractivity (Wildman–Crippen MR) is 49.4 cm³/mol. The van der Waals surface area contributed by atoms with E-state index in [1.807, 2.05) is 0 Å². The highest BCUT2D eigenvalue weighted by molar-refractivity contribution is 5.88. The Hall–Kier alpha value is -1.55. The third-order valence-corrected chi connectivity index (χ3v) is 2.39. The van der Waals surface area contributed by atoms with Gasteiger partial charge in [0.25, 0.3) is 0 Å². The first kappa shape index (κ1) is 10.5. The van der Waals surface area contributed by atoms with Gasteiger partial charge in [-0.2, -0.15) is 0 Å². The van der Waals surface area contributed by atoms with Crippen LogP contribution < -0.4 is 0 Å². The van der Waals surface area contributed by atoms with Crippen molar-refractivity contribution in [2.24, 2.45) is 5.11 Å². The zero-order valence-electron chi connectivity index (χ0n) is 8.17. The molecule has 1 aliphatic rings. The van der Waals surface area contributed by atoms with Crippen LogP contribution in [0.15, 0.2) is 5.11 Å². The smallest absolute Gasteiger partial charge is 0.220 e. The van der Waals surface area contributed by atoms with Gasteiger partial charge in [-0.1, -0.05) is 5.11 Å². The van der Waals surface area contributed by atoms with Gasteiger partial charge in [-0.25, -0.2) is 0 Å². The molecule has 0 spiro atoms. The van der Waals surface area contributed by atoms with E-state index in [-0.39, 0.29) is 11.7 Å². The van der Waals surface area contributed by atoms with Crippen molar-refractivity contribution in [3.05, 3.63) is 10.4 Å². The summed E-state index contributed by atoms with van der Waals surface area (Å²) in [4.78, 5) is 26.6. The highest BCUT2D eigenvalue weighted by atomic mass is 16.2. The summed E-state index contributed by atoms with van der Waals surface area (Å²) < 4.78 is 0. The molecule has 0 aromatic rings. The highest BCUT2D eigenvalue weighted by Gasteiger charge is 2.37. The van der Waals surface area contributed by atoms with Crippen LogP contribution in [0.4, 0.5) is 0 Å². The number of azide groups is 1. The minimum Gasteiger partial charge on any atom is -0.332 e. The van der Waals surface area contributed by atoms with Crippen molar-refractivity contribution < 1.29 is 9.59 Å². The monoisotopic (exact) mass is 196 g/mol. The fourth-order valence-electron chi connectivity index (χ4n) is 1.81. The third kappa shape index (κ3) is 1.85. The lowest BCUT2D eigenvalue weighted by Gasteiger charge is -2.22. The van der Waals surface area contributed by atoms with E-state index >= 15 is 0 Å². The molecule has 6 nitrogen and oxygen atoms in total. The van der Waals surface area contributed by atoms with Gasteiger partial charge in [-0.3, -0.25) is 9.59 Å². The second-order valence-corrected chi connectivity index (χ2v) is 3.33. The van der Waals surface area contributed by atoms with Gasteiger partial charge >= 0.3 is 0 Å². The van der Waals surface area contributed by atoms with Crippen LogP contribution in [0.3, 0.4) is 0 Å². The maximum atomic E-state index is 11.3. The van der Waals surface area contributed by atoms with Gasteiger partial charge in [0.05, 0.1) is 12.1 Å². The molecule has 1 fully saturated rings. The van der Waals surface area contributed by atoms with Crippen molar-refractivity contribution in [1.82, 2.24) is 4.90 Å². The van der Waals surface area contributed by atoms with Crippen molar-refractivity contribution >= 4 is 11.7 Å². The SMILES string of the molecule is CC(=O)[C@@H]1[C@H](N=[N+]=[N-])CCN1C(C)=O.